The van der Waals surface area contributed by atoms with Gasteiger partial charge in [-0.3, -0.25) is 14.4 Å². The van der Waals surface area contributed by atoms with E-state index in [1.807, 2.05) is 30.3 Å². The first-order chi connectivity index (χ1) is 12.0. The lowest BCUT2D eigenvalue weighted by atomic mass is 10.1. The van der Waals surface area contributed by atoms with E-state index in [0.717, 1.165) is 5.69 Å². The maximum atomic E-state index is 12.1. The van der Waals surface area contributed by atoms with Gasteiger partial charge in [-0.2, -0.15) is 0 Å². The molecule has 0 heterocycles. The van der Waals surface area contributed by atoms with Crippen molar-refractivity contribution in [2.75, 3.05) is 17.3 Å². The minimum atomic E-state index is -0.147. The minimum Gasteiger partial charge on any atom is -0.326 e. The monoisotopic (exact) mass is 338 g/mol. The number of benzene rings is 2. The minimum absolute atomic E-state index is 0.0149. The molecule has 2 aromatic rings. The van der Waals surface area contributed by atoms with Gasteiger partial charge < -0.3 is 10.2 Å². The Morgan fingerprint density at radius 1 is 0.920 bits per heavy atom. The van der Waals surface area contributed by atoms with E-state index in [9.17, 15) is 14.4 Å². The third-order valence-corrected chi connectivity index (χ3v) is 3.89. The molecule has 1 N–H and O–H groups in total. The largest absolute Gasteiger partial charge is 0.326 e. The first-order valence-electron chi connectivity index (χ1n) is 8.20. The second-order valence-corrected chi connectivity index (χ2v) is 5.82. The summed E-state index contributed by atoms with van der Waals surface area (Å²) in [6, 6.07) is 16.1. The van der Waals surface area contributed by atoms with E-state index in [4.69, 9.17) is 0 Å². The Balaban J connectivity index is 1.76. The highest BCUT2D eigenvalue weighted by molar-refractivity contribution is 5.96. The van der Waals surface area contributed by atoms with Crippen LogP contribution >= 0.6 is 0 Å². The highest BCUT2D eigenvalue weighted by Crippen LogP contribution is 2.14. The molecule has 2 aromatic carbocycles. The molecule has 2 amide bonds. The van der Waals surface area contributed by atoms with Gasteiger partial charge in [0, 0.05) is 36.8 Å². The third-order valence-electron chi connectivity index (χ3n) is 3.89. The van der Waals surface area contributed by atoms with E-state index in [1.54, 1.807) is 36.2 Å². The van der Waals surface area contributed by atoms with Crippen LogP contribution in [0.3, 0.4) is 0 Å². The molecule has 0 fully saturated rings. The van der Waals surface area contributed by atoms with Crippen molar-refractivity contribution < 1.29 is 14.4 Å². The maximum Gasteiger partial charge on any atom is 0.226 e. The number of hydrogen-bond donors (Lipinski definition) is 1. The molecule has 0 aromatic heterocycles. The Morgan fingerprint density at radius 2 is 1.56 bits per heavy atom. The molecule has 0 unspecified atom stereocenters. The Morgan fingerprint density at radius 3 is 2.16 bits per heavy atom. The van der Waals surface area contributed by atoms with Crippen LogP contribution < -0.4 is 10.2 Å². The lowest BCUT2D eigenvalue weighted by molar-refractivity contribution is -0.118. The van der Waals surface area contributed by atoms with Crippen LogP contribution in [0.15, 0.2) is 54.6 Å². The summed E-state index contributed by atoms with van der Waals surface area (Å²) in [4.78, 5) is 36.9. The molecule has 2 rings (SSSR count). The van der Waals surface area contributed by atoms with Crippen LogP contribution in [0.4, 0.5) is 11.4 Å². The Hall–Kier alpha value is -2.95. The van der Waals surface area contributed by atoms with Crippen LogP contribution in [0.25, 0.3) is 0 Å². The van der Waals surface area contributed by atoms with Gasteiger partial charge in [0.1, 0.15) is 0 Å². The molecule has 0 saturated carbocycles. The van der Waals surface area contributed by atoms with Gasteiger partial charge in [-0.15, -0.1) is 0 Å². The average molecular weight is 338 g/mol. The summed E-state index contributed by atoms with van der Waals surface area (Å²) < 4.78 is 0. The number of anilines is 2. The lowest BCUT2D eigenvalue weighted by Gasteiger charge is -2.17. The molecule has 0 aliphatic rings. The number of ketones is 1. The zero-order valence-corrected chi connectivity index (χ0v) is 14.5. The van der Waals surface area contributed by atoms with Gasteiger partial charge in [0.2, 0.25) is 11.8 Å². The Kier molecular flexibility index (Phi) is 6.46. The molecular weight excluding hydrogens is 316 g/mol. The van der Waals surface area contributed by atoms with Crippen molar-refractivity contribution >= 4 is 29.0 Å². The first kappa shape index (κ1) is 18.4. The van der Waals surface area contributed by atoms with Crippen LogP contribution in [0.2, 0.25) is 0 Å². The number of carbonyl (C=O) groups excluding carboxylic acids is 3. The van der Waals surface area contributed by atoms with Crippen molar-refractivity contribution in [2.45, 2.75) is 26.2 Å². The summed E-state index contributed by atoms with van der Waals surface area (Å²) >= 11 is 0. The van der Waals surface area contributed by atoms with Crippen molar-refractivity contribution in [1.82, 2.24) is 0 Å². The SMILES string of the molecule is CC(=O)c1ccc(NC(=O)CCCC(=O)N(C)c2ccccc2)cc1. The molecule has 25 heavy (non-hydrogen) atoms. The maximum absolute atomic E-state index is 12.1. The van der Waals surface area contributed by atoms with Gasteiger partial charge in [0.15, 0.2) is 5.78 Å². The van der Waals surface area contributed by atoms with E-state index in [0.29, 0.717) is 24.1 Å². The van der Waals surface area contributed by atoms with Crippen LogP contribution in [0, 0.1) is 0 Å². The normalized spacial score (nSPS) is 10.2. The summed E-state index contributed by atoms with van der Waals surface area (Å²) in [6.07, 6.45) is 1.05. The molecule has 5 nitrogen and oxygen atoms in total. The topological polar surface area (TPSA) is 66.5 Å². The Bertz CT molecular complexity index is 739. The van der Waals surface area contributed by atoms with E-state index in [-0.39, 0.29) is 24.0 Å². The second kappa shape index (κ2) is 8.78. The van der Waals surface area contributed by atoms with Crippen LogP contribution in [-0.4, -0.2) is 24.6 Å². The average Bonchev–Trinajstić information content (AvgIpc) is 2.62. The van der Waals surface area contributed by atoms with Crippen LogP contribution in [0.5, 0.6) is 0 Å². The van der Waals surface area contributed by atoms with Gasteiger partial charge in [-0.1, -0.05) is 18.2 Å². The molecule has 0 aliphatic heterocycles. The van der Waals surface area contributed by atoms with E-state index in [1.165, 1.54) is 6.92 Å². The fourth-order valence-corrected chi connectivity index (χ4v) is 2.38. The summed E-state index contributed by atoms with van der Waals surface area (Å²) in [5.74, 6) is -0.186. The van der Waals surface area contributed by atoms with E-state index in [2.05, 4.69) is 5.32 Å². The van der Waals surface area contributed by atoms with Gasteiger partial charge in [-0.05, 0) is 49.7 Å². The second-order valence-electron chi connectivity index (χ2n) is 5.82. The van der Waals surface area contributed by atoms with Gasteiger partial charge in [0.25, 0.3) is 0 Å². The molecule has 0 bridgehead atoms. The predicted octanol–water partition coefficient (Wildman–Crippen LogP) is 3.66. The third kappa shape index (κ3) is 5.57. The van der Waals surface area contributed by atoms with Gasteiger partial charge in [0.05, 0.1) is 0 Å². The number of carbonyl (C=O) groups is 3. The zero-order chi connectivity index (χ0) is 18.2. The number of nitrogens with one attached hydrogen (secondary N) is 1. The van der Waals surface area contributed by atoms with Gasteiger partial charge in [-0.25, -0.2) is 0 Å². The molecule has 0 radical (unpaired) electrons. The predicted molar refractivity (Wildman–Crippen MR) is 98.8 cm³/mol. The first-order valence-corrected chi connectivity index (χ1v) is 8.20. The molecule has 0 spiro atoms. The Labute approximate surface area is 147 Å². The quantitative estimate of drug-likeness (QED) is 0.784. The van der Waals surface area contributed by atoms with Crippen molar-refractivity contribution in [3.8, 4) is 0 Å². The lowest BCUT2D eigenvalue weighted by Crippen LogP contribution is -2.26. The summed E-state index contributed by atoms with van der Waals surface area (Å²) in [7, 11) is 1.73. The number of Topliss-reactive ketones (excluding diaryl/α,β-unsaturated/α-hetero) is 1. The molecule has 5 heteroatoms. The number of amides is 2. The molecule has 0 saturated heterocycles. The van der Waals surface area contributed by atoms with Crippen molar-refractivity contribution in [1.29, 1.82) is 0 Å². The smallest absolute Gasteiger partial charge is 0.226 e. The highest BCUT2D eigenvalue weighted by Gasteiger charge is 2.11. The number of rotatable bonds is 7. The van der Waals surface area contributed by atoms with Crippen molar-refractivity contribution in [3.05, 3.63) is 60.2 Å². The summed E-state index contributed by atoms with van der Waals surface area (Å²) in [5.41, 5.74) is 2.08. The number of nitrogens with zero attached hydrogens (tertiary/aromatic N) is 1. The molecule has 0 aliphatic carbocycles. The van der Waals surface area contributed by atoms with E-state index >= 15 is 0 Å². The highest BCUT2D eigenvalue weighted by atomic mass is 16.2. The molecule has 0 atom stereocenters. The van der Waals surface area contributed by atoms with Crippen molar-refractivity contribution in [3.63, 3.8) is 0 Å². The van der Waals surface area contributed by atoms with Crippen LogP contribution in [0.1, 0.15) is 36.5 Å². The number of hydrogen-bond acceptors (Lipinski definition) is 3. The van der Waals surface area contributed by atoms with Gasteiger partial charge >= 0.3 is 0 Å². The fourth-order valence-electron chi connectivity index (χ4n) is 2.38. The van der Waals surface area contributed by atoms with Crippen LogP contribution in [-0.2, 0) is 9.59 Å². The van der Waals surface area contributed by atoms with Crippen molar-refractivity contribution in [2.24, 2.45) is 0 Å². The molecule has 130 valence electrons. The zero-order valence-electron chi connectivity index (χ0n) is 14.5. The fraction of sp³-hybridized carbons (Fsp3) is 0.250. The van der Waals surface area contributed by atoms with E-state index < -0.39 is 0 Å². The standard InChI is InChI=1S/C20H22N2O3/c1-15(23)16-11-13-17(14-12-16)21-19(24)9-6-10-20(25)22(2)18-7-4-3-5-8-18/h3-5,7-8,11-14H,6,9-10H2,1-2H3,(H,21,24). The molecular formula is C20H22N2O3. The summed E-state index contributed by atoms with van der Waals surface area (Å²) in [6.45, 7) is 1.50. The number of para-hydroxylation sites is 1. The summed E-state index contributed by atoms with van der Waals surface area (Å²) in [5, 5.41) is 2.77.